The van der Waals surface area contributed by atoms with E-state index in [9.17, 15) is 4.79 Å². The number of carboxylic acids is 1. The summed E-state index contributed by atoms with van der Waals surface area (Å²) in [6.45, 7) is 11.2. The second-order valence-corrected chi connectivity index (χ2v) is 9.64. The summed E-state index contributed by atoms with van der Waals surface area (Å²) in [6.07, 6.45) is 13.6. The molecule has 0 unspecified atom stereocenters. The van der Waals surface area contributed by atoms with Crippen molar-refractivity contribution >= 4 is 5.97 Å². The van der Waals surface area contributed by atoms with Crippen molar-refractivity contribution < 1.29 is 19.7 Å². The number of aliphatic hydroxyl groups excluding tert-OH is 1. The molecule has 0 saturated carbocycles. The highest BCUT2D eigenvalue weighted by Crippen LogP contribution is 2.30. The molecule has 0 spiro atoms. The summed E-state index contributed by atoms with van der Waals surface area (Å²) in [5.74, 6) is -0.690. The van der Waals surface area contributed by atoms with Crippen molar-refractivity contribution in [2.45, 2.75) is 111 Å². The lowest BCUT2D eigenvalue weighted by Gasteiger charge is -2.24. The number of aliphatic carboxylic acids is 1. The monoisotopic (exact) mass is 386 g/mol. The second kappa shape index (κ2) is 15.3. The average Bonchev–Trinajstić information content (AvgIpc) is 2.56. The summed E-state index contributed by atoms with van der Waals surface area (Å²) < 4.78 is 5.78. The van der Waals surface area contributed by atoms with Gasteiger partial charge in [-0.05, 0) is 62.2 Å². The van der Waals surface area contributed by atoms with E-state index in [0.29, 0.717) is 12.0 Å². The standard InChI is InChI=1S/C23H46O4/c1-22(2,14-6-5-9-18-24)15-7-10-19-27-20-11-8-16-23(3,4)17-12-13-21(25)26/h24H,5-20H2,1-4H3,(H,25,26). The minimum Gasteiger partial charge on any atom is -0.481 e. The first-order valence-corrected chi connectivity index (χ1v) is 11.1. The molecule has 0 aromatic carbocycles. The van der Waals surface area contributed by atoms with Crippen LogP contribution in [0, 0.1) is 10.8 Å². The molecule has 0 aromatic rings. The fourth-order valence-corrected chi connectivity index (χ4v) is 3.58. The topological polar surface area (TPSA) is 66.8 Å². The number of hydrogen-bond acceptors (Lipinski definition) is 3. The van der Waals surface area contributed by atoms with E-state index in [1.54, 1.807) is 0 Å². The third-order valence-electron chi connectivity index (χ3n) is 5.54. The van der Waals surface area contributed by atoms with Crippen LogP contribution in [0.4, 0.5) is 0 Å². The molecule has 2 N–H and O–H groups in total. The van der Waals surface area contributed by atoms with E-state index in [1.807, 2.05) is 0 Å². The summed E-state index contributed by atoms with van der Waals surface area (Å²) in [5, 5.41) is 17.6. The largest absolute Gasteiger partial charge is 0.481 e. The SMILES string of the molecule is CC(C)(CCCCCO)CCCCOCCCCC(C)(C)CCCC(=O)O. The van der Waals surface area contributed by atoms with Crippen LogP contribution >= 0.6 is 0 Å². The van der Waals surface area contributed by atoms with E-state index < -0.39 is 5.97 Å². The lowest BCUT2D eigenvalue weighted by Crippen LogP contribution is -2.13. The molecule has 0 atom stereocenters. The maximum absolute atomic E-state index is 10.6. The first-order valence-electron chi connectivity index (χ1n) is 11.1. The van der Waals surface area contributed by atoms with Gasteiger partial charge in [0.05, 0.1) is 0 Å². The number of unbranched alkanes of at least 4 members (excludes halogenated alkanes) is 4. The molecule has 0 saturated heterocycles. The molecule has 0 radical (unpaired) electrons. The fraction of sp³-hybridized carbons (Fsp3) is 0.957. The Kier molecular flexibility index (Phi) is 15.0. The van der Waals surface area contributed by atoms with Crippen molar-refractivity contribution in [3.05, 3.63) is 0 Å². The van der Waals surface area contributed by atoms with Crippen LogP contribution in [0.5, 0.6) is 0 Å². The van der Waals surface area contributed by atoms with Crippen molar-refractivity contribution in [1.82, 2.24) is 0 Å². The summed E-state index contributed by atoms with van der Waals surface area (Å²) in [5.41, 5.74) is 0.639. The van der Waals surface area contributed by atoms with Gasteiger partial charge in [-0.15, -0.1) is 0 Å². The van der Waals surface area contributed by atoms with Gasteiger partial charge in [0.1, 0.15) is 0 Å². The number of hydrogen-bond donors (Lipinski definition) is 2. The summed E-state index contributed by atoms with van der Waals surface area (Å²) in [4.78, 5) is 10.6. The number of ether oxygens (including phenoxy) is 1. The molecule has 0 heterocycles. The molecule has 4 heteroatoms. The second-order valence-electron chi connectivity index (χ2n) is 9.64. The van der Waals surface area contributed by atoms with E-state index in [-0.39, 0.29) is 11.8 Å². The smallest absolute Gasteiger partial charge is 0.303 e. The fourth-order valence-electron chi connectivity index (χ4n) is 3.58. The third-order valence-corrected chi connectivity index (χ3v) is 5.54. The number of aliphatic hydroxyl groups is 1. The maximum atomic E-state index is 10.6. The number of rotatable bonds is 19. The summed E-state index contributed by atoms with van der Waals surface area (Å²) in [6, 6.07) is 0. The predicted octanol–water partition coefficient (Wildman–Crippen LogP) is 6.20. The van der Waals surface area contributed by atoms with Gasteiger partial charge < -0.3 is 14.9 Å². The molecule has 4 nitrogen and oxygen atoms in total. The van der Waals surface area contributed by atoms with Gasteiger partial charge in [-0.3, -0.25) is 4.79 Å². The van der Waals surface area contributed by atoms with Gasteiger partial charge in [0.25, 0.3) is 0 Å². The molecule has 0 aromatic heterocycles. The maximum Gasteiger partial charge on any atom is 0.303 e. The van der Waals surface area contributed by atoms with Crippen molar-refractivity contribution in [3.8, 4) is 0 Å². The van der Waals surface area contributed by atoms with Gasteiger partial charge in [0.15, 0.2) is 0 Å². The number of carboxylic acid groups (broad SMARTS) is 1. The molecule has 0 aliphatic heterocycles. The molecule has 0 amide bonds. The quantitative estimate of drug-likeness (QED) is 0.259. The zero-order chi connectivity index (χ0) is 20.6. The van der Waals surface area contributed by atoms with Gasteiger partial charge in [-0.1, -0.05) is 53.4 Å². The van der Waals surface area contributed by atoms with Crippen LogP contribution in [-0.2, 0) is 9.53 Å². The zero-order valence-electron chi connectivity index (χ0n) is 18.5. The Morgan fingerprint density at radius 1 is 0.704 bits per heavy atom. The van der Waals surface area contributed by atoms with Crippen LogP contribution in [0.25, 0.3) is 0 Å². The Morgan fingerprint density at radius 2 is 1.15 bits per heavy atom. The Hall–Kier alpha value is -0.610. The highest BCUT2D eigenvalue weighted by Gasteiger charge is 2.18. The van der Waals surface area contributed by atoms with Crippen LogP contribution in [0.15, 0.2) is 0 Å². The highest BCUT2D eigenvalue weighted by atomic mass is 16.5. The van der Waals surface area contributed by atoms with Crippen LogP contribution < -0.4 is 0 Å². The van der Waals surface area contributed by atoms with E-state index >= 15 is 0 Å². The van der Waals surface area contributed by atoms with Crippen LogP contribution in [0.1, 0.15) is 111 Å². The molecule has 0 aliphatic carbocycles. The normalized spacial score (nSPS) is 12.5. The first kappa shape index (κ1) is 26.4. The lowest BCUT2D eigenvalue weighted by molar-refractivity contribution is -0.137. The average molecular weight is 387 g/mol. The summed E-state index contributed by atoms with van der Waals surface area (Å²) >= 11 is 0. The Balaban J connectivity index is 3.52. The van der Waals surface area contributed by atoms with Gasteiger partial charge >= 0.3 is 5.97 Å². The van der Waals surface area contributed by atoms with Crippen molar-refractivity contribution in [3.63, 3.8) is 0 Å². The van der Waals surface area contributed by atoms with Crippen molar-refractivity contribution in [2.75, 3.05) is 19.8 Å². The van der Waals surface area contributed by atoms with Gasteiger partial charge in [0, 0.05) is 26.2 Å². The van der Waals surface area contributed by atoms with Crippen molar-refractivity contribution in [2.24, 2.45) is 10.8 Å². The Bertz CT molecular complexity index is 363. The minimum absolute atomic E-state index is 0.234. The van der Waals surface area contributed by atoms with Gasteiger partial charge in [0.2, 0.25) is 0 Å². The Labute approximate surface area is 168 Å². The summed E-state index contributed by atoms with van der Waals surface area (Å²) in [7, 11) is 0. The minimum atomic E-state index is -0.690. The molecular formula is C23H46O4. The molecule has 0 bridgehead atoms. The molecule has 0 aliphatic rings. The molecule has 0 fully saturated rings. The highest BCUT2D eigenvalue weighted by molar-refractivity contribution is 5.66. The molecule has 27 heavy (non-hydrogen) atoms. The Morgan fingerprint density at radius 3 is 1.59 bits per heavy atom. The third kappa shape index (κ3) is 18.5. The first-order chi connectivity index (χ1) is 12.7. The number of carbonyl (C=O) groups is 1. The van der Waals surface area contributed by atoms with Crippen LogP contribution in [0.3, 0.4) is 0 Å². The van der Waals surface area contributed by atoms with E-state index in [1.165, 1.54) is 25.7 Å². The van der Waals surface area contributed by atoms with Crippen LogP contribution in [0.2, 0.25) is 0 Å². The van der Waals surface area contributed by atoms with Crippen LogP contribution in [-0.4, -0.2) is 36.0 Å². The lowest BCUT2D eigenvalue weighted by atomic mass is 9.82. The molecular weight excluding hydrogens is 340 g/mol. The van der Waals surface area contributed by atoms with E-state index in [2.05, 4.69) is 27.7 Å². The van der Waals surface area contributed by atoms with Crippen molar-refractivity contribution in [1.29, 1.82) is 0 Å². The molecule has 0 rings (SSSR count). The van der Waals surface area contributed by atoms with Gasteiger partial charge in [-0.2, -0.15) is 0 Å². The van der Waals surface area contributed by atoms with E-state index in [4.69, 9.17) is 14.9 Å². The van der Waals surface area contributed by atoms with E-state index in [0.717, 1.165) is 64.6 Å². The van der Waals surface area contributed by atoms with Gasteiger partial charge in [-0.25, -0.2) is 0 Å². The predicted molar refractivity (Wildman–Crippen MR) is 113 cm³/mol. The zero-order valence-corrected chi connectivity index (χ0v) is 18.5. The molecule has 162 valence electrons.